The third-order valence-corrected chi connectivity index (χ3v) is 5.23. The summed E-state index contributed by atoms with van der Waals surface area (Å²) in [5.74, 6) is 0. The minimum atomic E-state index is -0.0293. The van der Waals surface area contributed by atoms with Gasteiger partial charge in [0.15, 0.2) is 5.13 Å². The van der Waals surface area contributed by atoms with Gasteiger partial charge in [-0.05, 0) is 39.7 Å². The van der Waals surface area contributed by atoms with E-state index in [-0.39, 0.29) is 5.60 Å². The van der Waals surface area contributed by atoms with Gasteiger partial charge in [-0.25, -0.2) is 4.98 Å². The Morgan fingerprint density at radius 3 is 3.00 bits per heavy atom. The summed E-state index contributed by atoms with van der Waals surface area (Å²) in [6.07, 6.45) is 3.48. The fourth-order valence-corrected chi connectivity index (χ4v) is 3.68. The van der Waals surface area contributed by atoms with E-state index in [2.05, 4.69) is 31.0 Å². The number of aromatic nitrogens is 1. The van der Waals surface area contributed by atoms with Crippen molar-refractivity contribution in [3.05, 3.63) is 10.6 Å². The smallest absolute Gasteiger partial charge is 0.185 e. The van der Waals surface area contributed by atoms with Gasteiger partial charge in [0, 0.05) is 31.6 Å². The topological polar surface area (TPSA) is 37.4 Å². The maximum atomic E-state index is 5.67. The minimum Gasteiger partial charge on any atom is -0.377 e. The van der Waals surface area contributed by atoms with Gasteiger partial charge in [-0.1, -0.05) is 6.92 Å². The third-order valence-electron chi connectivity index (χ3n) is 4.02. The highest BCUT2D eigenvalue weighted by atomic mass is 32.1. The molecular weight excluding hydrogens is 270 g/mol. The molecule has 0 spiro atoms. The van der Waals surface area contributed by atoms with Crippen molar-refractivity contribution in [2.75, 3.05) is 31.6 Å². The summed E-state index contributed by atoms with van der Waals surface area (Å²) in [6.45, 7) is 10.5. The fraction of sp³-hybridized carbons (Fsp3) is 0.800. The van der Waals surface area contributed by atoms with Crippen molar-refractivity contribution in [1.29, 1.82) is 0 Å². The van der Waals surface area contributed by atoms with Crippen LogP contribution in [-0.4, -0.2) is 37.3 Å². The molecule has 1 fully saturated rings. The molecule has 5 heteroatoms. The van der Waals surface area contributed by atoms with Gasteiger partial charge < -0.3 is 15.0 Å². The largest absolute Gasteiger partial charge is 0.377 e. The number of anilines is 1. The highest BCUT2D eigenvalue weighted by Gasteiger charge is 2.32. The minimum absolute atomic E-state index is 0.0293. The van der Waals surface area contributed by atoms with Crippen molar-refractivity contribution in [3.63, 3.8) is 0 Å². The van der Waals surface area contributed by atoms with Gasteiger partial charge in [0.2, 0.25) is 0 Å². The van der Waals surface area contributed by atoms with Gasteiger partial charge in [-0.2, -0.15) is 0 Å². The second kappa shape index (κ2) is 6.87. The number of nitrogens with one attached hydrogen (secondary N) is 1. The maximum Gasteiger partial charge on any atom is 0.185 e. The number of rotatable bonds is 6. The Bertz CT molecular complexity index is 435. The quantitative estimate of drug-likeness (QED) is 0.819. The van der Waals surface area contributed by atoms with E-state index in [1.54, 1.807) is 0 Å². The number of ether oxygens (including phenoxy) is 1. The van der Waals surface area contributed by atoms with Gasteiger partial charge in [-0.15, -0.1) is 11.3 Å². The molecule has 0 amide bonds. The monoisotopic (exact) mass is 297 g/mol. The van der Waals surface area contributed by atoms with Crippen LogP contribution in [0.4, 0.5) is 5.13 Å². The summed E-state index contributed by atoms with van der Waals surface area (Å²) in [6, 6.07) is 0. The third kappa shape index (κ3) is 3.71. The average Bonchev–Trinajstić information content (AvgIpc) is 2.81. The lowest BCUT2D eigenvalue weighted by Gasteiger charge is -2.39. The van der Waals surface area contributed by atoms with E-state index in [9.17, 15) is 0 Å². The first-order valence-corrected chi connectivity index (χ1v) is 8.37. The van der Waals surface area contributed by atoms with Crippen molar-refractivity contribution >= 4 is 16.5 Å². The van der Waals surface area contributed by atoms with Crippen molar-refractivity contribution < 1.29 is 4.74 Å². The molecule has 0 aliphatic carbocycles. The van der Waals surface area contributed by atoms with Crippen LogP contribution in [-0.2, 0) is 11.3 Å². The van der Waals surface area contributed by atoms with Gasteiger partial charge in [0.05, 0.1) is 11.3 Å². The molecule has 2 rings (SSSR count). The van der Waals surface area contributed by atoms with Crippen LogP contribution in [0.1, 0.15) is 43.7 Å². The van der Waals surface area contributed by atoms with Crippen molar-refractivity contribution in [3.8, 4) is 0 Å². The lowest BCUT2D eigenvalue weighted by molar-refractivity contribution is -0.00466. The summed E-state index contributed by atoms with van der Waals surface area (Å²) in [4.78, 5) is 8.50. The number of hydrogen-bond donors (Lipinski definition) is 1. The van der Waals surface area contributed by atoms with E-state index in [1.807, 2.05) is 18.4 Å². The lowest BCUT2D eigenvalue weighted by Crippen LogP contribution is -2.47. The first kappa shape index (κ1) is 15.7. The molecule has 0 bridgehead atoms. The molecule has 4 nitrogen and oxygen atoms in total. The van der Waals surface area contributed by atoms with Gasteiger partial charge in [0.25, 0.3) is 0 Å². The molecule has 0 radical (unpaired) electrons. The maximum absolute atomic E-state index is 5.67. The molecule has 2 heterocycles. The Morgan fingerprint density at radius 1 is 1.50 bits per heavy atom. The molecule has 1 saturated heterocycles. The zero-order chi connectivity index (χ0) is 14.6. The Labute approximate surface area is 126 Å². The number of thiazole rings is 1. The van der Waals surface area contributed by atoms with Crippen LogP contribution in [0.25, 0.3) is 0 Å². The lowest BCUT2D eigenvalue weighted by atomic mass is 9.95. The van der Waals surface area contributed by atoms with E-state index in [1.165, 1.54) is 23.4 Å². The number of methoxy groups -OCH3 is 1. The van der Waals surface area contributed by atoms with E-state index in [4.69, 9.17) is 9.72 Å². The molecule has 1 aromatic heterocycles. The number of hydrogen-bond acceptors (Lipinski definition) is 5. The first-order valence-electron chi connectivity index (χ1n) is 7.55. The summed E-state index contributed by atoms with van der Waals surface area (Å²) >= 11 is 1.82. The predicted molar refractivity (Wildman–Crippen MR) is 85.7 cm³/mol. The van der Waals surface area contributed by atoms with Crippen molar-refractivity contribution in [1.82, 2.24) is 10.3 Å². The molecule has 1 unspecified atom stereocenters. The zero-order valence-electron chi connectivity index (χ0n) is 13.2. The van der Waals surface area contributed by atoms with Gasteiger partial charge >= 0.3 is 0 Å². The Hall–Kier alpha value is -0.650. The molecule has 1 N–H and O–H groups in total. The van der Waals surface area contributed by atoms with E-state index >= 15 is 0 Å². The fourth-order valence-electron chi connectivity index (χ4n) is 2.63. The van der Waals surface area contributed by atoms with Crippen LogP contribution < -0.4 is 10.2 Å². The summed E-state index contributed by atoms with van der Waals surface area (Å²) < 4.78 is 5.67. The molecule has 1 aromatic rings. The van der Waals surface area contributed by atoms with Crippen LogP contribution >= 0.6 is 11.3 Å². The summed E-state index contributed by atoms with van der Waals surface area (Å²) in [5, 5.41) is 4.61. The molecule has 20 heavy (non-hydrogen) atoms. The number of aryl methyl sites for hydroxylation is 1. The van der Waals surface area contributed by atoms with E-state index < -0.39 is 0 Å². The van der Waals surface area contributed by atoms with Crippen LogP contribution in [0.2, 0.25) is 0 Å². The van der Waals surface area contributed by atoms with Crippen LogP contribution in [0, 0.1) is 6.92 Å². The highest BCUT2D eigenvalue weighted by Crippen LogP contribution is 2.32. The Balaban J connectivity index is 2.03. The Morgan fingerprint density at radius 2 is 2.30 bits per heavy atom. The molecule has 1 aliphatic rings. The zero-order valence-corrected chi connectivity index (χ0v) is 14.0. The van der Waals surface area contributed by atoms with Crippen LogP contribution in [0.3, 0.4) is 0 Å². The molecule has 0 aromatic carbocycles. The second-order valence-corrected chi connectivity index (χ2v) is 6.92. The molecule has 1 atom stereocenters. The average molecular weight is 297 g/mol. The van der Waals surface area contributed by atoms with E-state index in [0.29, 0.717) is 0 Å². The normalized spacial score (nSPS) is 23.3. The second-order valence-electron chi connectivity index (χ2n) is 5.86. The standard InChI is InChI=1S/C15H27N3OS/c1-5-8-16-10-13-12(2)17-14(20-13)18-9-6-7-15(3,11-18)19-4/h16H,5-11H2,1-4H3. The molecule has 1 aliphatic heterocycles. The molecule has 0 saturated carbocycles. The van der Waals surface area contributed by atoms with Crippen LogP contribution in [0.15, 0.2) is 0 Å². The highest BCUT2D eigenvalue weighted by molar-refractivity contribution is 7.15. The van der Waals surface area contributed by atoms with Crippen molar-refractivity contribution in [2.45, 2.75) is 52.2 Å². The van der Waals surface area contributed by atoms with Gasteiger partial charge in [0.1, 0.15) is 0 Å². The van der Waals surface area contributed by atoms with Crippen LogP contribution in [0.5, 0.6) is 0 Å². The summed E-state index contributed by atoms with van der Waals surface area (Å²) in [7, 11) is 1.82. The SMILES string of the molecule is CCCNCc1sc(N2CCCC(C)(OC)C2)nc1C. The molecule has 114 valence electrons. The summed E-state index contributed by atoms with van der Waals surface area (Å²) in [5.41, 5.74) is 1.14. The first-order chi connectivity index (χ1) is 9.58. The predicted octanol–water partition coefficient (Wildman–Crippen LogP) is 2.96. The Kier molecular flexibility index (Phi) is 5.41. The number of nitrogens with zero attached hydrogens (tertiary/aromatic N) is 2. The number of piperidine rings is 1. The van der Waals surface area contributed by atoms with Gasteiger partial charge in [-0.3, -0.25) is 0 Å². The molecular formula is C15H27N3OS. The van der Waals surface area contributed by atoms with Crippen molar-refractivity contribution in [2.24, 2.45) is 0 Å². The van der Waals surface area contributed by atoms with E-state index in [0.717, 1.165) is 37.7 Å².